The first kappa shape index (κ1) is 15.8. The molecule has 1 aromatic carbocycles. The van der Waals surface area contributed by atoms with Crippen LogP contribution in [0.2, 0.25) is 5.02 Å². The third-order valence-electron chi connectivity index (χ3n) is 5.09. The maximum Gasteiger partial charge on any atom is 0.0451 e. The van der Waals surface area contributed by atoms with E-state index < -0.39 is 0 Å². The maximum absolute atomic E-state index is 6.28. The van der Waals surface area contributed by atoms with Crippen LogP contribution in [-0.2, 0) is 6.54 Å². The summed E-state index contributed by atoms with van der Waals surface area (Å²) in [6, 6.07) is 8.10. The van der Waals surface area contributed by atoms with E-state index in [0.29, 0.717) is 5.41 Å². The summed E-state index contributed by atoms with van der Waals surface area (Å²) in [4.78, 5) is 2.42. The Morgan fingerprint density at radius 2 is 1.75 bits per heavy atom. The van der Waals surface area contributed by atoms with E-state index in [2.05, 4.69) is 31.9 Å². The fourth-order valence-corrected chi connectivity index (χ4v) is 3.38. The number of hydrogen-bond donors (Lipinski definition) is 1. The molecule has 3 heteroatoms. The predicted molar refractivity (Wildman–Crippen MR) is 87.0 cm³/mol. The number of likely N-dealkylation sites (N-methyl/N-ethyl adjacent to an activating group) is 1. The van der Waals surface area contributed by atoms with Crippen molar-refractivity contribution in [2.24, 2.45) is 11.1 Å². The van der Waals surface area contributed by atoms with E-state index in [9.17, 15) is 0 Å². The van der Waals surface area contributed by atoms with Crippen LogP contribution < -0.4 is 5.73 Å². The number of halogens is 1. The molecule has 0 saturated heterocycles. The van der Waals surface area contributed by atoms with Gasteiger partial charge >= 0.3 is 0 Å². The number of nitrogens with zero attached hydrogens (tertiary/aromatic N) is 1. The summed E-state index contributed by atoms with van der Waals surface area (Å²) in [6.07, 6.45) is 4.85. The van der Waals surface area contributed by atoms with Gasteiger partial charge in [-0.15, -0.1) is 0 Å². The number of benzene rings is 1. The van der Waals surface area contributed by atoms with E-state index in [1.807, 2.05) is 18.2 Å². The third-order valence-corrected chi connectivity index (χ3v) is 5.46. The van der Waals surface area contributed by atoms with Gasteiger partial charge in [-0.2, -0.15) is 0 Å². The summed E-state index contributed by atoms with van der Waals surface area (Å²) < 4.78 is 0. The fourth-order valence-electron chi connectivity index (χ4n) is 3.18. The molecule has 1 aliphatic carbocycles. The summed E-state index contributed by atoms with van der Waals surface area (Å²) >= 11 is 6.28. The first-order chi connectivity index (χ1) is 9.38. The highest BCUT2D eigenvalue weighted by Crippen LogP contribution is 2.42. The van der Waals surface area contributed by atoms with Crippen molar-refractivity contribution < 1.29 is 0 Å². The molecule has 0 aliphatic heterocycles. The summed E-state index contributed by atoms with van der Waals surface area (Å²) in [5.74, 6) is 0. The highest BCUT2D eigenvalue weighted by Gasteiger charge is 2.40. The van der Waals surface area contributed by atoms with Gasteiger partial charge in [0.05, 0.1) is 0 Å². The Bertz CT molecular complexity index is 446. The summed E-state index contributed by atoms with van der Waals surface area (Å²) in [6.45, 7) is 6.32. The molecule has 1 saturated carbocycles. The van der Waals surface area contributed by atoms with Gasteiger partial charge in [0.15, 0.2) is 0 Å². The minimum absolute atomic E-state index is 0.134. The summed E-state index contributed by atoms with van der Waals surface area (Å²) in [5.41, 5.74) is 7.93. The highest BCUT2D eigenvalue weighted by molar-refractivity contribution is 6.31. The molecule has 0 atom stereocenters. The van der Waals surface area contributed by atoms with Gasteiger partial charge in [0.25, 0.3) is 0 Å². The molecule has 1 fully saturated rings. The smallest absolute Gasteiger partial charge is 0.0451 e. The minimum atomic E-state index is 0.134. The second kappa shape index (κ2) is 6.05. The Kier molecular flexibility index (Phi) is 4.78. The molecule has 1 aromatic rings. The average molecular weight is 295 g/mol. The van der Waals surface area contributed by atoms with Gasteiger partial charge in [-0.1, -0.05) is 43.6 Å². The van der Waals surface area contributed by atoms with Gasteiger partial charge in [0, 0.05) is 23.7 Å². The van der Waals surface area contributed by atoms with Crippen LogP contribution in [0, 0.1) is 5.41 Å². The molecule has 2 N–H and O–H groups in total. The molecule has 20 heavy (non-hydrogen) atoms. The molecule has 0 amide bonds. The van der Waals surface area contributed by atoms with E-state index in [4.69, 9.17) is 17.3 Å². The fraction of sp³-hybridized carbons (Fsp3) is 0.647. The first-order valence-corrected chi connectivity index (χ1v) is 7.91. The maximum atomic E-state index is 6.28. The zero-order valence-electron chi connectivity index (χ0n) is 13.0. The normalized spacial score (nSPS) is 21.1. The van der Waals surface area contributed by atoms with Gasteiger partial charge in [0.1, 0.15) is 0 Å². The van der Waals surface area contributed by atoms with Crippen LogP contribution in [0.4, 0.5) is 0 Å². The summed E-state index contributed by atoms with van der Waals surface area (Å²) in [5, 5.41) is 0.850. The SMILES string of the molecule is CN(Cc1ccccc1Cl)C1(CN)CCC(C)(C)CC1. The van der Waals surface area contributed by atoms with Crippen molar-refractivity contribution in [3.8, 4) is 0 Å². The van der Waals surface area contributed by atoms with E-state index >= 15 is 0 Å². The lowest BCUT2D eigenvalue weighted by Gasteiger charge is -2.48. The zero-order chi connectivity index (χ0) is 14.8. The number of nitrogens with two attached hydrogens (primary N) is 1. The molecule has 2 rings (SSSR count). The standard InChI is InChI=1S/C17H27ClN2/c1-16(2)8-10-17(13-19,11-9-16)20(3)12-14-6-4-5-7-15(14)18/h4-7H,8-13,19H2,1-3H3. The van der Waals surface area contributed by atoms with Crippen LogP contribution in [0.3, 0.4) is 0 Å². The Morgan fingerprint density at radius 3 is 2.30 bits per heavy atom. The molecule has 1 aliphatic rings. The van der Waals surface area contributed by atoms with Gasteiger partial charge in [-0.3, -0.25) is 4.90 Å². The lowest BCUT2D eigenvalue weighted by atomic mass is 9.68. The molecule has 0 spiro atoms. The monoisotopic (exact) mass is 294 g/mol. The van der Waals surface area contributed by atoms with Gasteiger partial charge in [0.2, 0.25) is 0 Å². The lowest BCUT2D eigenvalue weighted by Crippen LogP contribution is -2.54. The second-order valence-corrected chi connectivity index (χ2v) is 7.45. The lowest BCUT2D eigenvalue weighted by molar-refractivity contribution is 0.0364. The van der Waals surface area contributed by atoms with Gasteiger partial charge < -0.3 is 5.73 Å². The van der Waals surface area contributed by atoms with E-state index in [1.165, 1.54) is 31.2 Å². The third kappa shape index (κ3) is 3.36. The molecule has 0 bridgehead atoms. The number of hydrogen-bond acceptors (Lipinski definition) is 2. The van der Waals surface area contributed by atoms with Crippen LogP contribution in [0.25, 0.3) is 0 Å². The van der Waals surface area contributed by atoms with Crippen molar-refractivity contribution in [1.82, 2.24) is 4.90 Å². The van der Waals surface area contributed by atoms with Crippen molar-refractivity contribution in [3.63, 3.8) is 0 Å². The average Bonchev–Trinajstić information content (AvgIpc) is 2.42. The van der Waals surface area contributed by atoms with Crippen LogP contribution >= 0.6 is 11.6 Å². The topological polar surface area (TPSA) is 29.3 Å². The Balaban J connectivity index is 2.10. The van der Waals surface area contributed by atoms with Gasteiger partial charge in [-0.05, 0) is 49.8 Å². The molecule has 2 nitrogen and oxygen atoms in total. The second-order valence-electron chi connectivity index (χ2n) is 7.04. The zero-order valence-corrected chi connectivity index (χ0v) is 13.7. The van der Waals surface area contributed by atoms with Crippen LogP contribution in [-0.4, -0.2) is 24.0 Å². The van der Waals surface area contributed by atoms with Crippen molar-refractivity contribution in [1.29, 1.82) is 0 Å². The minimum Gasteiger partial charge on any atom is -0.329 e. The Hall–Kier alpha value is -0.570. The van der Waals surface area contributed by atoms with E-state index in [-0.39, 0.29) is 5.54 Å². The van der Waals surface area contributed by atoms with E-state index in [1.54, 1.807) is 0 Å². The quantitative estimate of drug-likeness (QED) is 0.907. The van der Waals surface area contributed by atoms with Crippen molar-refractivity contribution >= 4 is 11.6 Å². The Morgan fingerprint density at radius 1 is 1.15 bits per heavy atom. The van der Waals surface area contributed by atoms with Crippen LogP contribution in [0.5, 0.6) is 0 Å². The molecule has 0 unspecified atom stereocenters. The largest absolute Gasteiger partial charge is 0.329 e. The predicted octanol–water partition coefficient (Wildman–Crippen LogP) is 4.07. The molecule has 112 valence electrons. The molecule has 0 aromatic heterocycles. The number of rotatable bonds is 4. The van der Waals surface area contributed by atoms with E-state index in [0.717, 1.165) is 18.1 Å². The summed E-state index contributed by atoms with van der Waals surface area (Å²) in [7, 11) is 2.19. The van der Waals surface area contributed by atoms with Crippen molar-refractivity contribution in [3.05, 3.63) is 34.9 Å². The molecular weight excluding hydrogens is 268 g/mol. The Labute approximate surface area is 128 Å². The first-order valence-electron chi connectivity index (χ1n) is 7.53. The van der Waals surface area contributed by atoms with Crippen LogP contribution in [0.1, 0.15) is 45.1 Å². The molecular formula is C17H27ClN2. The van der Waals surface area contributed by atoms with Crippen molar-refractivity contribution in [2.45, 2.75) is 51.6 Å². The molecule has 0 radical (unpaired) electrons. The van der Waals surface area contributed by atoms with Gasteiger partial charge in [-0.25, -0.2) is 0 Å². The van der Waals surface area contributed by atoms with Crippen LogP contribution in [0.15, 0.2) is 24.3 Å². The highest BCUT2D eigenvalue weighted by atomic mass is 35.5. The molecule has 0 heterocycles. The van der Waals surface area contributed by atoms with Crippen molar-refractivity contribution in [2.75, 3.05) is 13.6 Å².